The van der Waals surface area contributed by atoms with Crippen molar-refractivity contribution in [3.63, 3.8) is 0 Å². The van der Waals surface area contributed by atoms with Gasteiger partial charge in [-0.15, -0.1) is 0 Å². The molecule has 0 aromatic heterocycles. The van der Waals surface area contributed by atoms with E-state index in [1.54, 1.807) is 0 Å². The topological polar surface area (TPSA) is 65.0 Å². The number of halogens is 3. The largest absolute Gasteiger partial charge is 0.508 e. The number of fused-ring (bicyclic) bond motifs is 1. The van der Waals surface area contributed by atoms with Crippen LogP contribution in [-0.2, 0) is 0 Å². The summed E-state index contributed by atoms with van der Waals surface area (Å²) in [5, 5.41) is 9.34. The highest BCUT2D eigenvalue weighted by atomic mass is 35.5. The molecule has 5 nitrogen and oxygen atoms in total. The monoisotopic (exact) mass is 368 g/mol. The van der Waals surface area contributed by atoms with E-state index in [9.17, 15) is 18.7 Å². The summed E-state index contributed by atoms with van der Waals surface area (Å²) in [6.45, 7) is -3.06. The van der Waals surface area contributed by atoms with Gasteiger partial charge in [-0.1, -0.05) is 11.6 Å². The quantitative estimate of drug-likeness (QED) is 0.816. The third kappa shape index (κ3) is 3.36. The molecule has 2 aromatic rings. The Hall–Kier alpha value is -2.80. The molecule has 3 rings (SSSR count). The van der Waals surface area contributed by atoms with Crippen LogP contribution in [0.25, 0.3) is 6.08 Å². The summed E-state index contributed by atoms with van der Waals surface area (Å²) < 4.78 is 39.7. The number of ketones is 1. The van der Waals surface area contributed by atoms with Crippen molar-refractivity contribution in [3.8, 4) is 23.0 Å². The predicted molar refractivity (Wildman–Crippen MR) is 85.7 cm³/mol. The molecule has 0 saturated heterocycles. The van der Waals surface area contributed by atoms with Crippen molar-refractivity contribution in [2.75, 3.05) is 7.11 Å². The third-order valence-electron chi connectivity index (χ3n) is 3.41. The highest BCUT2D eigenvalue weighted by Gasteiger charge is 2.28. The number of methoxy groups -OCH3 is 1. The lowest BCUT2D eigenvalue weighted by atomic mass is 10.1. The van der Waals surface area contributed by atoms with E-state index in [1.165, 1.54) is 43.5 Å². The van der Waals surface area contributed by atoms with Crippen LogP contribution in [0.1, 0.15) is 15.9 Å². The first kappa shape index (κ1) is 17.0. The highest BCUT2D eigenvalue weighted by molar-refractivity contribution is 6.32. The number of benzene rings is 2. The minimum atomic E-state index is -3.06. The second kappa shape index (κ2) is 6.60. The Bertz CT molecular complexity index is 880. The minimum absolute atomic E-state index is 0.00116. The minimum Gasteiger partial charge on any atom is -0.508 e. The maximum Gasteiger partial charge on any atom is 0.387 e. The van der Waals surface area contributed by atoms with Gasteiger partial charge in [-0.25, -0.2) is 0 Å². The number of phenols is 1. The average molecular weight is 369 g/mol. The number of phenolic OH excluding ortho intramolecular Hbond substituents is 1. The molecule has 0 unspecified atom stereocenters. The molecule has 0 radical (unpaired) electrons. The number of rotatable bonds is 4. The zero-order valence-corrected chi connectivity index (χ0v) is 13.5. The van der Waals surface area contributed by atoms with Crippen molar-refractivity contribution in [2.45, 2.75) is 6.61 Å². The Morgan fingerprint density at radius 1 is 1.28 bits per heavy atom. The number of alkyl halides is 2. The van der Waals surface area contributed by atoms with Crippen LogP contribution in [-0.4, -0.2) is 24.6 Å². The second-order valence-corrected chi connectivity index (χ2v) is 5.44. The van der Waals surface area contributed by atoms with Gasteiger partial charge in [-0.05, 0) is 35.9 Å². The molecular formula is C17H11ClF2O5. The Balaban J connectivity index is 1.97. The number of aromatic hydroxyl groups is 1. The van der Waals surface area contributed by atoms with Gasteiger partial charge in [0.25, 0.3) is 0 Å². The van der Waals surface area contributed by atoms with Crippen LogP contribution in [0, 0.1) is 0 Å². The molecule has 130 valence electrons. The summed E-state index contributed by atoms with van der Waals surface area (Å²) >= 11 is 5.96. The average Bonchev–Trinajstić information content (AvgIpc) is 2.84. The molecule has 2 aromatic carbocycles. The van der Waals surface area contributed by atoms with Crippen molar-refractivity contribution in [2.24, 2.45) is 0 Å². The maximum absolute atomic E-state index is 12.4. The molecule has 1 heterocycles. The van der Waals surface area contributed by atoms with Crippen LogP contribution in [0.3, 0.4) is 0 Å². The fraction of sp³-hybridized carbons (Fsp3) is 0.118. The standard InChI is InChI=1S/C17H11ClF2O5/c1-23-14-6-8(4-11(18)16(14)25-17(19)20)5-13-15(22)10-3-2-9(21)7-12(10)24-13/h2-7,17,21H,1H3/b13-5-. The first-order valence-corrected chi connectivity index (χ1v) is 7.36. The number of hydrogen-bond acceptors (Lipinski definition) is 5. The third-order valence-corrected chi connectivity index (χ3v) is 3.69. The summed E-state index contributed by atoms with van der Waals surface area (Å²) in [4.78, 5) is 12.3. The van der Waals surface area contributed by atoms with E-state index in [0.717, 1.165) is 0 Å². The number of ether oxygens (including phenoxy) is 3. The van der Waals surface area contributed by atoms with Crippen molar-refractivity contribution < 1.29 is 32.9 Å². The molecule has 1 aliphatic heterocycles. The van der Waals surface area contributed by atoms with Gasteiger partial charge in [0.1, 0.15) is 11.5 Å². The van der Waals surface area contributed by atoms with Gasteiger partial charge < -0.3 is 19.3 Å². The lowest BCUT2D eigenvalue weighted by Crippen LogP contribution is -2.04. The molecule has 0 amide bonds. The van der Waals surface area contributed by atoms with E-state index in [2.05, 4.69) is 4.74 Å². The number of carbonyl (C=O) groups excluding carboxylic acids is 1. The zero-order chi connectivity index (χ0) is 18.1. The van der Waals surface area contributed by atoms with Gasteiger partial charge in [0, 0.05) is 6.07 Å². The summed E-state index contributed by atoms with van der Waals surface area (Å²) in [7, 11) is 1.27. The SMILES string of the molecule is COc1cc(/C=C2\Oc3cc(O)ccc3C2=O)cc(Cl)c1OC(F)F. The van der Waals surface area contributed by atoms with E-state index in [1.807, 2.05) is 0 Å². The summed E-state index contributed by atoms with van der Waals surface area (Å²) in [6, 6.07) is 6.86. The Labute approximate surface area is 146 Å². The molecule has 0 spiro atoms. The second-order valence-electron chi connectivity index (χ2n) is 5.03. The molecule has 1 aliphatic rings. The number of hydrogen-bond donors (Lipinski definition) is 1. The van der Waals surface area contributed by atoms with E-state index in [-0.39, 0.29) is 39.6 Å². The molecule has 0 fully saturated rings. The lowest BCUT2D eigenvalue weighted by molar-refractivity contribution is -0.0511. The Morgan fingerprint density at radius 3 is 2.72 bits per heavy atom. The van der Waals surface area contributed by atoms with Gasteiger partial charge in [-0.3, -0.25) is 4.79 Å². The van der Waals surface area contributed by atoms with Crippen LogP contribution in [0.5, 0.6) is 23.0 Å². The van der Waals surface area contributed by atoms with E-state index in [4.69, 9.17) is 21.1 Å². The van der Waals surface area contributed by atoms with Crippen LogP contribution < -0.4 is 14.2 Å². The van der Waals surface area contributed by atoms with Crippen LogP contribution in [0.15, 0.2) is 36.1 Å². The summed E-state index contributed by atoms with van der Waals surface area (Å²) in [6.07, 6.45) is 1.39. The lowest BCUT2D eigenvalue weighted by Gasteiger charge is -2.12. The van der Waals surface area contributed by atoms with Crippen LogP contribution in [0.2, 0.25) is 5.02 Å². The van der Waals surface area contributed by atoms with Gasteiger partial charge in [0.2, 0.25) is 5.78 Å². The predicted octanol–water partition coefficient (Wildman–Crippen LogP) is 4.27. The first-order chi connectivity index (χ1) is 11.9. The van der Waals surface area contributed by atoms with Crippen LogP contribution in [0.4, 0.5) is 8.78 Å². The molecule has 0 saturated carbocycles. The molecular weight excluding hydrogens is 358 g/mol. The van der Waals surface area contributed by atoms with E-state index < -0.39 is 6.61 Å². The fourth-order valence-corrected chi connectivity index (χ4v) is 2.62. The van der Waals surface area contributed by atoms with E-state index in [0.29, 0.717) is 11.1 Å². The number of allylic oxidation sites excluding steroid dienone is 1. The number of Topliss-reactive ketones (excluding diaryl/α,β-unsaturated/α-hetero) is 1. The van der Waals surface area contributed by atoms with Gasteiger partial charge in [-0.2, -0.15) is 8.78 Å². The molecule has 0 bridgehead atoms. The van der Waals surface area contributed by atoms with Gasteiger partial charge in [0.05, 0.1) is 17.7 Å². The van der Waals surface area contributed by atoms with Crippen molar-refractivity contribution in [1.29, 1.82) is 0 Å². The first-order valence-electron chi connectivity index (χ1n) is 6.98. The Kier molecular flexibility index (Phi) is 4.50. The maximum atomic E-state index is 12.4. The Morgan fingerprint density at radius 2 is 2.04 bits per heavy atom. The molecule has 0 aliphatic carbocycles. The summed E-state index contributed by atoms with van der Waals surface area (Å²) in [5.74, 6) is -0.495. The summed E-state index contributed by atoms with van der Waals surface area (Å²) in [5.41, 5.74) is 0.698. The van der Waals surface area contributed by atoms with Crippen LogP contribution >= 0.6 is 11.6 Å². The zero-order valence-electron chi connectivity index (χ0n) is 12.8. The van der Waals surface area contributed by atoms with Crippen molar-refractivity contribution >= 4 is 23.5 Å². The molecule has 1 N–H and O–H groups in total. The van der Waals surface area contributed by atoms with Crippen molar-refractivity contribution in [1.82, 2.24) is 0 Å². The van der Waals surface area contributed by atoms with Gasteiger partial charge in [0.15, 0.2) is 17.3 Å². The van der Waals surface area contributed by atoms with Gasteiger partial charge >= 0.3 is 6.61 Å². The van der Waals surface area contributed by atoms with E-state index >= 15 is 0 Å². The van der Waals surface area contributed by atoms with Crippen molar-refractivity contribution in [3.05, 3.63) is 52.2 Å². The normalized spacial score (nSPS) is 14.6. The smallest absolute Gasteiger partial charge is 0.387 e. The molecule has 8 heteroatoms. The fourth-order valence-electron chi connectivity index (χ4n) is 2.35. The molecule has 0 atom stereocenters. The highest BCUT2D eigenvalue weighted by Crippen LogP contribution is 2.39. The number of carbonyl (C=O) groups is 1. The molecule has 25 heavy (non-hydrogen) atoms.